The van der Waals surface area contributed by atoms with Gasteiger partial charge in [0.2, 0.25) is 0 Å². The SMILES string of the molecule is CC(C)(C)OC(=O)N1[C@@H]2CC[C@@H](C2)[C@H]1C(=O)C[C@H](C#N)Cc1ccc(-c2ccc3c(c2)C2(CCN(C4COC4)CC2)OC3)cc1F. The Bertz CT molecular complexity index is 1550. The number of hydrogen-bond donors (Lipinski definition) is 0. The monoisotopic (exact) mass is 629 g/mol. The summed E-state index contributed by atoms with van der Waals surface area (Å²) in [7, 11) is 0. The third-order valence-corrected chi connectivity index (χ3v) is 10.8. The summed E-state index contributed by atoms with van der Waals surface area (Å²) in [6, 6.07) is 13.6. The molecule has 244 valence electrons. The number of benzene rings is 2. The van der Waals surface area contributed by atoms with Gasteiger partial charge in [-0.15, -0.1) is 0 Å². The fraction of sp³-hybridized carbons (Fsp3) is 0.595. The van der Waals surface area contributed by atoms with E-state index in [0.29, 0.717) is 18.2 Å². The smallest absolute Gasteiger partial charge is 0.411 e. The third kappa shape index (κ3) is 5.85. The number of fused-ring (bicyclic) bond motifs is 4. The summed E-state index contributed by atoms with van der Waals surface area (Å²) in [4.78, 5) is 30.7. The van der Waals surface area contributed by atoms with E-state index in [4.69, 9.17) is 14.2 Å². The van der Waals surface area contributed by atoms with Gasteiger partial charge in [-0.05, 0) is 105 Å². The van der Waals surface area contributed by atoms with Crippen molar-refractivity contribution in [2.75, 3.05) is 26.3 Å². The van der Waals surface area contributed by atoms with E-state index in [0.717, 1.165) is 69.5 Å². The number of hydrogen-bond acceptors (Lipinski definition) is 7. The van der Waals surface area contributed by atoms with Gasteiger partial charge in [-0.3, -0.25) is 14.6 Å². The molecule has 2 bridgehead atoms. The van der Waals surface area contributed by atoms with Gasteiger partial charge in [-0.25, -0.2) is 9.18 Å². The number of halogens is 1. The molecule has 4 fully saturated rings. The number of nitrogens with zero attached hydrogens (tertiary/aromatic N) is 3. The van der Waals surface area contributed by atoms with Crippen molar-refractivity contribution in [2.45, 2.75) is 102 Å². The predicted octanol–water partition coefficient (Wildman–Crippen LogP) is 6.14. The lowest BCUT2D eigenvalue weighted by Crippen LogP contribution is -2.54. The van der Waals surface area contributed by atoms with Crippen LogP contribution in [0.1, 0.15) is 76.0 Å². The van der Waals surface area contributed by atoms with Crippen molar-refractivity contribution in [3.8, 4) is 17.2 Å². The number of rotatable bonds is 7. The van der Waals surface area contributed by atoms with E-state index in [1.165, 1.54) is 17.2 Å². The highest BCUT2D eigenvalue weighted by atomic mass is 19.1. The largest absolute Gasteiger partial charge is 0.444 e. The Balaban J connectivity index is 1.03. The molecule has 1 saturated carbocycles. The molecule has 9 heteroatoms. The second-order valence-corrected chi connectivity index (χ2v) is 14.9. The molecule has 8 nitrogen and oxygen atoms in total. The molecule has 7 rings (SSSR count). The minimum Gasteiger partial charge on any atom is -0.444 e. The minimum atomic E-state index is -0.693. The maximum absolute atomic E-state index is 15.6. The van der Waals surface area contributed by atoms with Crippen molar-refractivity contribution in [2.24, 2.45) is 11.8 Å². The summed E-state index contributed by atoms with van der Waals surface area (Å²) in [5.74, 6) is -1.13. The Morgan fingerprint density at radius 2 is 1.83 bits per heavy atom. The topological polar surface area (TPSA) is 92.1 Å². The molecule has 0 N–H and O–H groups in total. The van der Waals surface area contributed by atoms with E-state index in [1.807, 2.05) is 32.9 Å². The van der Waals surface area contributed by atoms with Crippen LogP contribution in [-0.2, 0) is 37.6 Å². The van der Waals surface area contributed by atoms with E-state index in [2.05, 4.69) is 23.1 Å². The standard InChI is InChI=1S/C37H44FN3O5/c1-36(2,3)46-35(43)41-29-9-8-27(16-29)34(41)33(42)15-23(19-39)14-26-6-4-25(18-32(26)38)24-5-7-28-20-45-37(31(28)17-24)10-12-40(13-11-37)30-21-44-22-30/h4-7,17-18,23,27,29-30,34H,8-16,20-22H2,1-3H3/t23-,27+,29-,34+/m1/s1. The van der Waals surface area contributed by atoms with Gasteiger partial charge in [0.1, 0.15) is 11.4 Å². The molecule has 46 heavy (non-hydrogen) atoms. The zero-order valence-electron chi connectivity index (χ0n) is 27.1. The molecule has 2 aromatic rings. The number of piperidine rings is 2. The molecular weight excluding hydrogens is 585 g/mol. The summed E-state index contributed by atoms with van der Waals surface area (Å²) in [5.41, 5.74) is 3.57. The normalized spacial score (nSPS) is 26.1. The zero-order valence-corrected chi connectivity index (χ0v) is 27.1. The highest BCUT2D eigenvalue weighted by molar-refractivity contribution is 5.89. The minimum absolute atomic E-state index is 0.00442. The number of ether oxygens (including phenoxy) is 3. The summed E-state index contributed by atoms with van der Waals surface area (Å²) >= 11 is 0. The van der Waals surface area contributed by atoms with Gasteiger partial charge in [0.25, 0.3) is 0 Å². The number of amides is 1. The van der Waals surface area contributed by atoms with E-state index in [-0.39, 0.29) is 42.0 Å². The van der Waals surface area contributed by atoms with Crippen molar-refractivity contribution in [1.29, 1.82) is 5.26 Å². The van der Waals surface area contributed by atoms with Crippen LogP contribution in [0.5, 0.6) is 0 Å². The number of carbonyl (C=O) groups excluding carboxylic acids is 2. The van der Waals surface area contributed by atoms with Crippen molar-refractivity contribution >= 4 is 11.9 Å². The van der Waals surface area contributed by atoms with Gasteiger partial charge >= 0.3 is 6.09 Å². The summed E-state index contributed by atoms with van der Waals surface area (Å²) in [6.45, 7) is 9.62. The van der Waals surface area contributed by atoms with E-state index in [1.54, 1.807) is 11.0 Å². The van der Waals surface area contributed by atoms with Crippen molar-refractivity contribution in [1.82, 2.24) is 9.80 Å². The molecule has 0 radical (unpaired) electrons. The predicted molar refractivity (Wildman–Crippen MR) is 169 cm³/mol. The molecular formula is C37H44FN3O5. The van der Waals surface area contributed by atoms with Gasteiger partial charge in [0.15, 0.2) is 5.78 Å². The number of nitriles is 1. The van der Waals surface area contributed by atoms with Crippen molar-refractivity contribution in [3.63, 3.8) is 0 Å². The average Bonchev–Trinajstić information content (AvgIpc) is 3.71. The van der Waals surface area contributed by atoms with Crippen LogP contribution in [0.25, 0.3) is 11.1 Å². The second kappa shape index (κ2) is 12.0. The Morgan fingerprint density at radius 1 is 1.09 bits per heavy atom. The summed E-state index contributed by atoms with van der Waals surface area (Å²) in [6.07, 6.45) is 4.03. The summed E-state index contributed by atoms with van der Waals surface area (Å²) < 4.78 is 33.0. The molecule has 1 spiro atoms. The van der Waals surface area contributed by atoms with Gasteiger partial charge < -0.3 is 14.2 Å². The fourth-order valence-electron chi connectivity index (χ4n) is 8.36. The van der Waals surface area contributed by atoms with Gasteiger partial charge in [0, 0.05) is 25.6 Å². The van der Waals surface area contributed by atoms with E-state index >= 15 is 4.39 Å². The number of carbonyl (C=O) groups is 2. The second-order valence-electron chi connectivity index (χ2n) is 14.9. The molecule has 4 aliphatic heterocycles. The Hall–Kier alpha value is -3.32. The highest BCUT2D eigenvalue weighted by Gasteiger charge is 2.52. The lowest BCUT2D eigenvalue weighted by molar-refractivity contribution is -0.126. The van der Waals surface area contributed by atoms with Crippen LogP contribution in [-0.4, -0.2) is 71.7 Å². The average molecular weight is 630 g/mol. The van der Waals surface area contributed by atoms with Crippen LogP contribution in [0.2, 0.25) is 0 Å². The van der Waals surface area contributed by atoms with E-state index < -0.39 is 23.7 Å². The third-order valence-electron chi connectivity index (χ3n) is 10.8. The number of ketones is 1. The molecule has 3 saturated heterocycles. The molecule has 5 aliphatic rings. The lowest BCUT2D eigenvalue weighted by atomic mass is 9.82. The first kappa shape index (κ1) is 31.3. The first-order valence-corrected chi connectivity index (χ1v) is 16.9. The number of likely N-dealkylation sites (tertiary alicyclic amines) is 2. The fourth-order valence-corrected chi connectivity index (χ4v) is 8.36. The van der Waals surface area contributed by atoms with Crippen molar-refractivity contribution < 1.29 is 28.2 Å². The molecule has 0 unspecified atom stereocenters. The first-order chi connectivity index (χ1) is 22.0. The van der Waals surface area contributed by atoms with Gasteiger partial charge in [-0.1, -0.05) is 24.3 Å². The maximum Gasteiger partial charge on any atom is 0.411 e. The van der Waals surface area contributed by atoms with Crippen LogP contribution < -0.4 is 0 Å². The molecule has 4 atom stereocenters. The quantitative estimate of drug-likeness (QED) is 0.363. The number of Topliss-reactive ketones (excluding diaryl/α,β-unsaturated/α-hetero) is 1. The first-order valence-electron chi connectivity index (χ1n) is 16.9. The van der Waals surface area contributed by atoms with E-state index in [9.17, 15) is 14.9 Å². The maximum atomic E-state index is 15.6. The molecule has 2 aromatic carbocycles. The Morgan fingerprint density at radius 3 is 2.50 bits per heavy atom. The molecule has 1 amide bonds. The Kier molecular flexibility index (Phi) is 8.19. The van der Waals surface area contributed by atoms with Crippen LogP contribution in [0.4, 0.5) is 9.18 Å². The van der Waals surface area contributed by atoms with Gasteiger partial charge in [-0.2, -0.15) is 5.26 Å². The summed E-state index contributed by atoms with van der Waals surface area (Å²) in [5, 5.41) is 9.99. The zero-order chi connectivity index (χ0) is 32.2. The highest BCUT2D eigenvalue weighted by Crippen LogP contribution is 2.46. The molecule has 1 aliphatic carbocycles. The van der Waals surface area contributed by atoms with Gasteiger partial charge in [0.05, 0.1) is 49.5 Å². The van der Waals surface area contributed by atoms with Crippen LogP contribution >= 0.6 is 0 Å². The van der Waals surface area contributed by atoms with Crippen molar-refractivity contribution in [3.05, 3.63) is 58.9 Å². The lowest BCUT2D eigenvalue weighted by Gasteiger charge is -2.45. The van der Waals surface area contributed by atoms with Crippen LogP contribution in [0, 0.1) is 29.0 Å². The van der Waals surface area contributed by atoms with Crippen LogP contribution in [0.15, 0.2) is 36.4 Å². The molecule has 4 heterocycles. The van der Waals surface area contributed by atoms with Crippen LogP contribution in [0.3, 0.4) is 0 Å². The Labute approximate surface area is 270 Å². The molecule has 0 aromatic heterocycles.